The van der Waals surface area contributed by atoms with Gasteiger partial charge in [0.1, 0.15) is 0 Å². The van der Waals surface area contributed by atoms with Crippen LogP contribution in [0.3, 0.4) is 0 Å². The number of hydrogen-bond acceptors (Lipinski definition) is 1. The van der Waals surface area contributed by atoms with E-state index in [1.165, 1.54) is 19.8 Å². The van der Waals surface area contributed by atoms with E-state index in [0.29, 0.717) is 16.6 Å². The Hall–Kier alpha value is -1.45. The molecule has 0 spiro atoms. The molecule has 3 rings (SSSR count). The highest BCUT2D eigenvalue weighted by molar-refractivity contribution is 6.33. The van der Waals surface area contributed by atoms with Crippen LogP contribution in [-0.4, -0.2) is 6.04 Å². The third-order valence-electron chi connectivity index (χ3n) is 3.77. The van der Waals surface area contributed by atoms with Crippen molar-refractivity contribution in [3.05, 3.63) is 58.1 Å². The topological polar surface area (TPSA) is 12.0 Å². The van der Waals surface area contributed by atoms with Crippen LogP contribution in [0, 0.1) is 18.6 Å². The standard InChI is InChI=1S/C17H16ClF2N/c1-10-2-6-14(17(20)16(10)19)13-7-3-11(8-15(13)18)9-21-12-4-5-12/h2-3,6-8,12,21H,4-5,9H2,1H3. The summed E-state index contributed by atoms with van der Waals surface area (Å²) in [5.74, 6) is -1.66. The second-order valence-corrected chi connectivity index (χ2v) is 5.93. The molecule has 110 valence electrons. The highest BCUT2D eigenvalue weighted by Crippen LogP contribution is 2.32. The number of rotatable bonds is 4. The van der Waals surface area contributed by atoms with Crippen molar-refractivity contribution < 1.29 is 8.78 Å². The molecule has 0 heterocycles. The molecule has 0 aliphatic heterocycles. The summed E-state index contributed by atoms with van der Waals surface area (Å²) in [6, 6.07) is 9.20. The van der Waals surface area contributed by atoms with E-state index in [1.54, 1.807) is 18.2 Å². The Labute approximate surface area is 127 Å². The Morgan fingerprint density at radius 3 is 2.48 bits per heavy atom. The smallest absolute Gasteiger partial charge is 0.166 e. The molecule has 2 aromatic carbocycles. The molecule has 0 unspecified atom stereocenters. The first-order chi connectivity index (χ1) is 10.1. The molecule has 0 radical (unpaired) electrons. The van der Waals surface area contributed by atoms with Gasteiger partial charge in [-0.05, 0) is 37.0 Å². The van der Waals surface area contributed by atoms with Gasteiger partial charge in [0.05, 0.1) is 0 Å². The Morgan fingerprint density at radius 2 is 1.81 bits per heavy atom. The number of hydrogen-bond donors (Lipinski definition) is 1. The van der Waals surface area contributed by atoms with Gasteiger partial charge in [-0.3, -0.25) is 0 Å². The zero-order valence-corrected chi connectivity index (χ0v) is 12.5. The van der Waals surface area contributed by atoms with Crippen molar-refractivity contribution in [3.8, 4) is 11.1 Å². The fourth-order valence-electron chi connectivity index (χ4n) is 2.29. The quantitative estimate of drug-likeness (QED) is 0.852. The van der Waals surface area contributed by atoms with Gasteiger partial charge in [0.25, 0.3) is 0 Å². The van der Waals surface area contributed by atoms with E-state index in [2.05, 4.69) is 5.32 Å². The van der Waals surface area contributed by atoms with E-state index < -0.39 is 11.6 Å². The minimum absolute atomic E-state index is 0.199. The summed E-state index contributed by atoms with van der Waals surface area (Å²) >= 11 is 6.24. The average molecular weight is 308 g/mol. The summed E-state index contributed by atoms with van der Waals surface area (Å²) in [5.41, 5.74) is 2.05. The van der Waals surface area contributed by atoms with Gasteiger partial charge < -0.3 is 5.32 Å². The van der Waals surface area contributed by atoms with E-state index in [-0.39, 0.29) is 11.1 Å². The Bertz CT molecular complexity index is 681. The first kappa shape index (κ1) is 14.5. The van der Waals surface area contributed by atoms with Gasteiger partial charge in [-0.15, -0.1) is 0 Å². The SMILES string of the molecule is Cc1ccc(-c2ccc(CNC3CC3)cc2Cl)c(F)c1F. The van der Waals surface area contributed by atoms with Crippen LogP contribution in [0.2, 0.25) is 5.02 Å². The molecule has 1 aliphatic rings. The first-order valence-corrected chi connectivity index (χ1v) is 7.41. The zero-order valence-electron chi connectivity index (χ0n) is 11.7. The van der Waals surface area contributed by atoms with Crippen molar-refractivity contribution in [1.82, 2.24) is 5.32 Å². The minimum Gasteiger partial charge on any atom is -0.310 e. The molecule has 1 saturated carbocycles. The van der Waals surface area contributed by atoms with Crippen LogP contribution in [0.25, 0.3) is 11.1 Å². The Balaban J connectivity index is 1.89. The molecule has 0 saturated heterocycles. The van der Waals surface area contributed by atoms with Gasteiger partial charge in [0.2, 0.25) is 0 Å². The van der Waals surface area contributed by atoms with Crippen LogP contribution in [0.1, 0.15) is 24.0 Å². The zero-order chi connectivity index (χ0) is 15.0. The van der Waals surface area contributed by atoms with Crippen molar-refractivity contribution in [2.24, 2.45) is 0 Å². The molecule has 2 aromatic rings. The van der Waals surface area contributed by atoms with Crippen molar-refractivity contribution in [1.29, 1.82) is 0 Å². The summed E-state index contributed by atoms with van der Waals surface area (Å²) in [6.45, 7) is 2.28. The van der Waals surface area contributed by atoms with E-state index >= 15 is 0 Å². The molecule has 0 bridgehead atoms. The van der Waals surface area contributed by atoms with Crippen LogP contribution in [0.15, 0.2) is 30.3 Å². The van der Waals surface area contributed by atoms with E-state index in [0.717, 1.165) is 12.1 Å². The van der Waals surface area contributed by atoms with Gasteiger partial charge in [-0.2, -0.15) is 0 Å². The fraction of sp³-hybridized carbons (Fsp3) is 0.294. The summed E-state index contributed by atoms with van der Waals surface area (Å²) < 4.78 is 27.7. The lowest BCUT2D eigenvalue weighted by Gasteiger charge is -2.10. The molecule has 1 fully saturated rings. The lowest BCUT2D eigenvalue weighted by Crippen LogP contribution is -2.15. The molecule has 1 N–H and O–H groups in total. The normalized spacial score (nSPS) is 14.5. The van der Waals surface area contributed by atoms with Crippen molar-refractivity contribution in [3.63, 3.8) is 0 Å². The van der Waals surface area contributed by atoms with Gasteiger partial charge in [-0.25, -0.2) is 8.78 Å². The van der Waals surface area contributed by atoms with Crippen molar-refractivity contribution >= 4 is 11.6 Å². The molecule has 21 heavy (non-hydrogen) atoms. The van der Waals surface area contributed by atoms with Gasteiger partial charge in [-0.1, -0.05) is 35.9 Å². The molecule has 4 heteroatoms. The van der Waals surface area contributed by atoms with Gasteiger partial charge in [0, 0.05) is 28.7 Å². The summed E-state index contributed by atoms with van der Waals surface area (Å²) in [6.07, 6.45) is 2.44. The maximum Gasteiger partial charge on any atom is 0.166 e. The molecular formula is C17H16ClF2N. The van der Waals surface area contributed by atoms with Crippen LogP contribution in [-0.2, 0) is 6.54 Å². The number of halogens is 3. The average Bonchev–Trinajstić information content (AvgIpc) is 3.28. The number of benzene rings is 2. The summed E-state index contributed by atoms with van der Waals surface area (Å²) in [5, 5.41) is 3.83. The molecule has 0 atom stereocenters. The molecule has 1 nitrogen and oxygen atoms in total. The van der Waals surface area contributed by atoms with Crippen molar-refractivity contribution in [2.75, 3.05) is 0 Å². The van der Waals surface area contributed by atoms with E-state index in [1.807, 2.05) is 12.1 Å². The second-order valence-electron chi connectivity index (χ2n) is 5.53. The number of aryl methyl sites for hydroxylation is 1. The van der Waals surface area contributed by atoms with E-state index in [4.69, 9.17) is 11.6 Å². The molecule has 1 aliphatic carbocycles. The maximum atomic E-state index is 14.0. The molecule has 0 aromatic heterocycles. The first-order valence-electron chi connectivity index (χ1n) is 7.03. The Kier molecular flexibility index (Phi) is 3.96. The van der Waals surface area contributed by atoms with Gasteiger partial charge in [0.15, 0.2) is 11.6 Å². The van der Waals surface area contributed by atoms with Crippen LogP contribution < -0.4 is 5.32 Å². The second kappa shape index (κ2) is 5.74. The molecular weight excluding hydrogens is 292 g/mol. The highest BCUT2D eigenvalue weighted by Gasteiger charge is 2.20. The van der Waals surface area contributed by atoms with Crippen LogP contribution in [0.5, 0.6) is 0 Å². The van der Waals surface area contributed by atoms with Crippen molar-refractivity contribution in [2.45, 2.75) is 32.4 Å². The van der Waals surface area contributed by atoms with Crippen LogP contribution in [0.4, 0.5) is 8.78 Å². The third-order valence-corrected chi connectivity index (χ3v) is 4.08. The maximum absolute atomic E-state index is 14.0. The van der Waals surface area contributed by atoms with E-state index in [9.17, 15) is 8.78 Å². The summed E-state index contributed by atoms with van der Waals surface area (Å²) in [4.78, 5) is 0. The lowest BCUT2D eigenvalue weighted by atomic mass is 10.0. The highest BCUT2D eigenvalue weighted by atomic mass is 35.5. The summed E-state index contributed by atoms with van der Waals surface area (Å²) in [7, 11) is 0. The fourth-order valence-corrected chi connectivity index (χ4v) is 2.60. The predicted molar refractivity (Wildman–Crippen MR) is 81.4 cm³/mol. The van der Waals surface area contributed by atoms with Gasteiger partial charge >= 0.3 is 0 Å². The predicted octanol–water partition coefficient (Wildman–Crippen LogP) is 4.85. The molecule has 0 amide bonds. The number of nitrogens with one attached hydrogen (secondary N) is 1. The van der Waals surface area contributed by atoms with Crippen LogP contribution >= 0.6 is 11.6 Å². The Morgan fingerprint density at radius 1 is 1.10 bits per heavy atom. The third kappa shape index (κ3) is 3.09. The largest absolute Gasteiger partial charge is 0.310 e. The minimum atomic E-state index is -0.847. The monoisotopic (exact) mass is 307 g/mol. The lowest BCUT2D eigenvalue weighted by molar-refractivity contribution is 0.505.